The van der Waals surface area contributed by atoms with Gasteiger partial charge < -0.3 is 10.4 Å². The van der Waals surface area contributed by atoms with Crippen molar-refractivity contribution in [2.24, 2.45) is 0 Å². The summed E-state index contributed by atoms with van der Waals surface area (Å²) in [6.07, 6.45) is 49.2. The molecule has 0 aliphatic carbocycles. The van der Waals surface area contributed by atoms with Gasteiger partial charge in [0.25, 0.3) is 10.1 Å². The van der Waals surface area contributed by atoms with Gasteiger partial charge in [0.05, 0.1) is 17.9 Å². The number of unbranched alkanes of at least 4 members (excludes halogenated alkanes) is 34. The van der Waals surface area contributed by atoms with Crippen molar-refractivity contribution in [1.82, 2.24) is 5.32 Å². The molecule has 0 rings (SSSR count). The lowest BCUT2D eigenvalue weighted by atomic mass is 10.0. The molecule has 6 nitrogen and oxygen atoms in total. The van der Waals surface area contributed by atoms with Crippen LogP contribution in [0.3, 0.4) is 0 Å². The number of amides is 1. The zero-order valence-electron chi connectivity index (χ0n) is 34.7. The highest BCUT2D eigenvalue weighted by Gasteiger charge is 2.24. The molecule has 0 heterocycles. The molecule has 0 aromatic rings. The van der Waals surface area contributed by atoms with Gasteiger partial charge >= 0.3 is 0 Å². The molecule has 1 amide bonds. The normalized spacial score (nSPS) is 13.2. The van der Waals surface area contributed by atoms with E-state index in [1.807, 2.05) is 6.08 Å². The van der Waals surface area contributed by atoms with E-state index in [9.17, 15) is 22.9 Å². The van der Waals surface area contributed by atoms with Gasteiger partial charge in [-0.05, 0) is 19.3 Å². The minimum atomic E-state index is -4.34. The highest BCUT2D eigenvalue weighted by atomic mass is 32.2. The monoisotopic (exact) mass is 756 g/mol. The Morgan fingerprint density at radius 3 is 1.10 bits per heavy atom. The minimum absolute atomic E-state index is 0.273. The van der Waals surface area contributed by atoms with Crippen LogP contribution in [0.25, 0.3) is 0 Å². The van der Waals surface area contributed by atoms with Crippen LogP contribution in [0.2, 0.25) is 0 Å². The summed E-state index contributed by atoms with van der Waals surface area (Å²) in [6, 6.07) is -1.05. The second-order valence-corrected chi connectivity index (χ2v) is 17.5. The lowest BCUT2D eigenvalue weighted by molar-refractivity contribution is -0.122. The number of allylic oxidation sites excluding steroid dienone is 1. The van der Waals surface area contributed by atoms with Crippen molar-refractivity contribution in [2.75, 3.05) is 5.75 Å². The Labute approximate surface area is 324 Å². The molecule has 7 heteroatoms. The quantitative estimate of drug-likeness (QED) is 0.0327. The number of carbonyl (C=O) groups is 1. The SMILES string of the molecule is CCCCCCCCCCCCCCCCCCCC/C=C/C(O)C(CS(=O)(=O)O)NC(=O)CCCCCCCCCCCCCCCCCCC. The molecule has 2 unspecified atom stereocenters. The van der Waals surface area contributed by atoms with E-state index in [4.69, 9.17) is 0 Å². The predicted octanol–water partition coefficient (Wildman–Crippen LogP) is 13.7. The molecule has 52 heavy (non-hydrogen) atoms. The average molecular weight is 756 g/mol. The molecular weight excluding hydrogens is 667 g/mol. The molecule has 3 N–H and O–H groups in total. The summed E-state index contributed by atoms with van der Waals surface area (Å²) in [6.45, 7) is 4.55. The van der Waals surface area contributed by atoms with Crippen LogP contribution in [-0.4, -0.2) is 41.9 Å². The Morgan fingerprint density at radius 2 is 0.788 bits per heavy atom. The van der Waals surface area contributed by atoms with E-state index < -0.39 is 28.0 Å². The molecule has 0 aliphatic heterocycles. The third-order valence-corrected chi connectivity index (χ3v) is 11.5. The number of hydrogen-bond acceptors (Lipinski definition) is 4. The fraction of sp³-hybridized carbons (Fsp3) is 0.933. The fourth-order valence-corrected chi connectivity index (χ4v) is 8.01. The van der Waals surface area contributed by atoms with Crippen LogP contribution in [0, 0.1) is 0 Å². The van der Waals surface area contributed by atoms with Gasteiger partial charge in [0, 0.05) is 6.42 Å². The second-order valence-electron chi connectivity index (χ2n) is 16.0. The van der Waals surface area contributed by atoms with Crippen LogP contribution >= 0.6 is 0 Å². The average Bonchev–Trinajstić information content (AvgIpc) is 3.11. The maximum atomic E-state index is 12.5. The first-order chi connectivity index (χ1) is 25.3. The van der Waals surface area contributed by atoms with Crippen molar-refractivity contribution >= 4 is 16.0 Å². The molecule has 0 bridgehead atoms. The van der Waals surface area contributed by atoms with E-state index in [1.165, 1.54) is 193 Å². The molecular formula is C45H89NO5S. The third kappa shape index (κ3) is 40.3. The van der Waals surface area contributed by atoms with Crippen molar-refractivity contribution < 1.29 is 22.9 Å². The van der Waals surface area contributed by atoms with Crippen molar-refractivity contribution in [2.45, 2.75) is 264 Å². The van der Waals surface area contributed by atoms with Crippen molar-refractivity contribution in [3.8, 4) is 0 Å². The fourth-order valence-electron chi connectivity index (χ4n) is 7.28. The van der Waals surface area contributed by atoms with Crippen molar-refractivity contribution in [1.29, 1.82) is 0 Å². The van der Waals surface area contributed by atoms with Gasteiger partial charge in [0.1, 0.15) is 0 Å². The Kier molecular flexibility index (Phi) is 39.1. The largest absolute Gasteiger partial charge is 0.387 e. The molecule has 0 spiro atoms. The topological polar surface area (TPSA) is 104 Å². The van der Waals surface area contributed by atoms with E-state index in [-0.39, 0.29) is 5.91 Å². The van der Waals surface area contributed by atoms with E-state index in [1.54, 1.807) is 6.08 Å². The zero-order chi connectivity index (χ0) is 38.2. The number of nitrogens with one attached hydrogen (secondary N) is 1. The summed E-state index contributed by atoms with van der Waals surface area (Å²) in [5.74, 6) is -0.965. The van der Waals surface area contributed by atoms with Crippen LogP contribution in [-0.2, 0) is 14.9 Å². The third-order valence-electron chi connectivity index (χ3n) is 10.7. The van der Waals surface area contributed by atoms with Gasteiger partial charge in [-0.1, -0.05) is 238 Å². The van der Waals surface area contributed by atoms with Crippen LogP contribution < -0.4 is 5.32 Å². The Morgan fingerprint density at radius 1 is 0.500 bits per heavy atom. The Balaban J connectivity index is 3.82. The summed E-state index contributed by atoms with van der Waals surface area (Å²) in [5, 5.41) is 13.3. The number of carbonyl (C=O) groups excluding carboxylic acids is 1. The lowest BCUT2D eigenvalue weighted by Gasteiger charge is -2.21. The highest BCUT2D eigenvalue weighted by molar-refractivity contribution is 7.85. The highest BCUT2D eigenvalue weighted by Crippen LogP contribution is 2.16. The van der Waals surface area contributed by atoms with E-state index >= 15 is 0 Å². The first kappa shape index (κ1) is 51.1. The summed E-state index contributed by atoms with van der Waals surface area (Å²) in [7, 11) is -4.34. The first-order valence-electron chi connectivity index (χ1n) is 22.9. The Hall–Kier alpha value is -0.920. The summed E-state index contributed by atoms with van der Waals surface area (Å²) in [5.41, 5.74) is 0. The molecule has 0 radical (unpaired) electrons. The predicted molar refractivity (Wildman–Crippen MR) is 226 cm³/mol. The molecule has 2 atom stereocenters. The molecule has 0 aromatic carbocycles. The minimum Gasteiger partial charge on any atom is -0.387 e. The van der Waals surface area contributed by atoms with Crippen molar-refractivity contribution in [3.63, 3.8) is 0 Å². The van der Waals surface area contributed by atoms with E-state index in [2.05, 4.69) is 19.2 Å². The van der Waals surface area contributed by atoms with Gasteiger partial charge in [-0.25, -0.2) is 0 Å². The first-order valence-corrected chi connectivity index (χ1v) is 24.5. The Bertz CT molecular complexity index is 877. The second kappa shape index (κ2) is 39.8. The summed E-state index contributed by atoms with van der Waals surface area (Å²) < 4.78 is 32.6. The van der Waals surface area contributed by atoms with E-state index in [0.29, 0.717) is 6.42 Å². The van der Waals surface area contributed by atoms with Gasteiger partial charge in [-0.2, -0.15) is 8.42 Å². The van der Waals surface area contributed by atoms with Gasteiger partial charge in [-0.3, -0.25) is 9.35 Å². The van der Waals surface area contributed by atoms with Crippen molar-refractivity contribution in [3.05, 3.63) is 12.2 Å². The standard InChI is InChI=1S/C45H89NO5S/c1-3-5-7-9-11-13-15-17-19-21-22-23-25-26-28-30-32-34-36-38-40-44(47)43(42-52(49,50)51)46-45(48)41-39-37-35-33-31-29-27-24-20-18-16-14-12-10-8-6-4-2/h38,40,43-44,47H,3-37,39,41-42H2,1-2H3,(H,46,48)(H,49,50,51)/b40-38+. The molecule has 0 fully saturated rings. The summed E-state index contributed by atoms with van der Waals surface area (Å²) in [4.78, 5) is 12.5. The molecule has 310 valence electrons. The molecule has 0 aromatic heterocycles. The summed E-state index contributed by atoms with van der Waals surface area (Å²) >= 11 is 0. The van der Waals surface area contributed by atoms with Gasteiger partial charge in [-0.15, -0.1) is 0 Å². The van der Waals surface area contributed by atoms with Crippen LogP contribution in [0.5, 0.6) is 0 Å². The maximum absolute atomic E-state index is 12.5. The molecule has 0 saturated carbocycles. The smallest absolute Gasteiger partial charge is 0.267 e. The number of hydrogen-bond donors (Lipinski definition) is 3. The van der Waals surface area contributed by atoms with Crippen LogP contribution in [0.4, 0.5) is 0 Å². The van der Waals surface area contributed by atoms with Crippen LogP contribution in [0.1, 0.15) is 251 Å². The van der Waals surface area contributed by atoms with Gasteiger partial charge in [0.15, 0.2) is 0 Å². The molecule has 0 aliphatic rings. The zero-order valence-corrected chi connectivity index (χ0v) is 35.5. The van der Waals surface area contributed by atoms with Crippen LogP contribution in [0.15, 0.2) is 12.2 Å². The number of rotatable bonds is 42. The number of aliphatic hydroxyl groups excluding tert-OH is 1. The number of aliphatic hydroxyl groups is 1. The lowest BCUT2D eigenvalue weighted by Crippen LogP contribution is -2.46. The molecule has 0 saturated heterocycles. The maximum Gasteiger partial charge on any atom is 0.267 e. The van der Waals surface area contributed by atoms with E-state index in [0.717, 1.165) is 38.5 Å². The van der Waals surface area contributed by atoms with Gasteiger partial charge in [0.2, 0.25) is 5.91 Å².